The van der Waals surface area contributed by atoms with Crippen molar-refractivity contribution >= 4 is 29.1 Å². The number of unbranched alkanes of at least 4 members (excludes halogenated alkanes) is 1. The van der Waals surface area contributed by atoms with Gasteiger partial charge in [0.15, 0.2) is 0 Å². The van der Waals surface area contributed by atoms with E-state index in [1.165, 1.54) is 23.1 Å². The van der Waals surface area contributed by atoms with Crippen molar-refractivity contribution in [3.63, 3.8) is 0 Å². The summed E-state index contributed by atoms with van der Waals surface area (Å²) in [5.41, 5.74) is 0.510. The van der Waals surface area contributed by atoms with E-state index in [-0.39, 0.29) is 29.8 Å². The highest BCUT2D eigenvalue weighted by molar-refractivity contribution is 6.31. The maximum absolute atomic E-state index is 13.2. The van der Waals surface area contributed by atoms with Crippen LogP contribution >= 0.6 is 11.6 Å². The van der Waals surface area contributed by atoms with Gasteiger partial charge >= 0.3 is 0 Å². The lowest BCUT2D eigenvalue weighted by atomic mass is 10.1. The molecule has 1 saturated heterocycles. The number of nitrogens with one attached hydrogen (secondary N) is 1. The fourth-order valence-corrected chi connectivity index (χ4v) is 2.84. The number of hydrogen-bond acceptors (Lipinski definition) is 3. The normalized spacial score (nSPS) is 17.2. The first kappa shape index (κ1) is 19.7. The number of halogens is 2. The number of benzene rings is 1. The van der Waals surface area contributed by atoms with E-state index >= 15 is 0 Å². The van der Waals surface area contributed by atoms with Gasteiger partial charge in [-0.2, -0.15) is 0 Å². The minimum atomic E-state index is -0.535. The highest BCUT2D eigenvalue weighted by Crippen LogP contribution is 2.28. The molecule has 0 bridgehead atoms. The summed E-state index contributed by atoms with van der Waals surface area (Å²) in [6.45, 7) is 4.27. The molecule has 25 heavy (non-hydrogen) atoms. The summed E-state index contributed by atoms with van der Waals surface area (Å²) in [6, 6.07) is 4.12. The lowest BCUT2D eigenvalue weighted by Crippen LogP contribution is -2.33. The molecule has 1 N–H and O–H groups in total. The van der Waals surface area contributed by atoms with Crippen molar-refractivity contribution in [2.24, 2.45) is 5.92 Å². The third-order valence-electron chi connectivity index (χ3n) is 4.12. The Bertz CT molecular complexity index is 612. The van der Waals surface area contributed by atoms with Gasteiger partial charge in [-0.1, -0.05) is 24.9 Å². The topological polar surface area (TPSA) is 58.6 Å². The molecule has 138 valence electrons. The summed E-state index contributed by atoms with van der Waals surface area (Å²) in [7, 11) is 0. The van der Waals surface area contributed by atoms with Gasteiger partial charge in [0.25, 0.3) is 0 Å². The maximum atomic E-state index is 13.2. The Morgan fingerprint density at radius 1 is 1.40 bits per heavy atom. The van der Waals surface area contributed by atoms with Crippen LogP contribution in [0.25, 0.3) is 0 Å². The molecule has 5 nitrogen and oxygen atoms in total. The summed E-state index contributed by atoms with van der Waals surface area (Å²) in [6.07, 6.45) is 3.03. The van der Waals surface area contributed by atoms with Crippen LogP contribution in [0.15, 0.2) is 18.2 Å². The second kappa shape index (κ2) is 9.73. The molecular formula is C18H24ClFN2O3. The Balaban J connectivity index is 1.77. The molecule has 1 atom stereocenters. The Kier molecular flexibility index (Phi) is 7.65. The molecule has 0 saturated carbocycles. The molecule has 0 aliphatic carbocycles. The summed E-state index contributed by atoms with van der Waals surface area (Å²) >= 11 is 5.76. The number of amides is 2. The first-order valence-electron chi connectivity index (χ1n) is 8.63. The Morgan fingerprint density at radius 3 is 2.88 bits per heavy atom. The quantitative estimate of drug-likeness (QED) is 0.679. The van der Waals surface area contributed by atoms with Gasteiger partial charge in [0.2, 0.25) is 11.8 Å². The van der Waals surface area contributed by atoms with Crippen molar-refractivity contribution in [3.05, 3.63) is 29.0 Å². The van der Waals surface area contributed by atoms with Crippen molar-refractivity contribution in [1.82, 2.24) is 5.32 Å². The summed E-state index contributed by atoms with van der Waals surface area (Å²) in [5.74, 6) is -1.24. The van der Waals surface area contributed by atoms with E-state index in [1.54, 1.807) is 0 Å². The van der Waals surface area contributed by atoms with E-state index < -0.39 is 11.7 Å². The molecule has 1 aromatic carbocycles. The smallest absolute Gasteiger partial charge is 0.227 e. The van der Waals surface area contributed by atoms with Crippen molar-refractivity contribution in [2.75, 3.05) is 31.2 Å². The van der Waals surface area contributed by atoms with Crippen LogP contribution in [0.3, 0.4) is 0 Å². The average molecular weight is 371 g/mol. The van der Waals surface area contributed by atoms with Crippen LogP contribution < -0.4 is 10.2 Å². The van der Waals surface area contributed by atoms with E-state index in [1.807, 2.05) is 0 Å². The summed E-state index contributed by atoms with van der Waals surface area (Å²) in [5, 5.41) is 2.80. The van der Waals surface area contributed by atoms with Crippen LogP contribution in [-0.2, 0) is 14.3 Å². The third-order valence-corrected chi connectivity index (χ3v) is 4.41. The van der Waals surface area contributed by atoms with Gasteiger partial charge in [-0.05, 0) is 31.0 Å². The highest BCUT2D eigenvalue weighted by Gasteiger charge is 2.35. The third kappa shape index (κ3) is 5.68. The molecule has 2 amide bonds. The number of hydrogen-bond donors (Lipinski definition) is 1. The van der Waals surface area contributed by atoms with Crippen molar-refractivity contribution in [1.29, 1.82) is 0 Å². The molecule has 0 spiro atoms. The molecule has 1 heterocycles. The Hall–Kier alpha value is -1.66. The van der Waals surface area contributed by atoms with E-state index in [0.717, 1.165) is 25.9 Å². The van der Waals surface area contributed by atoms with Gasteiger partial charge in [0.1, 0.15) is 5.82 Å². The highest BCUT2D eigenvalue weighted by atomic mass is 35.5. The standard InChI is InChI=1S/C18H24ClFN2O3/c1-2-3-8-25-9-4-7-21-18(24)13-10-17(23)22(12-13)14-5-6-16(20)15(19)11-14/h5-6,11,13H,2-4,7-10,12H2,1H3,(H,21,24). The first-order chi connectivity index (χ1) is 12.0. The zero-order valence-corrected chi connectivity index (χ0v) is 15.2. The SMILES string of the molecule is CCCCOCCCNC(=O)C1CC(=O)N(c2ccc(F)c(Cl)c2)C1. The van der Waals surface area contributed by atoms with Crippen LogP contribution in [0.4, 0.5) is 10.1 Å². The van der Waals surface area contributed by atoms with Gasteiger partial charge in [0, 0.05) is 38.4 Å². The molecule has 0 radical (unpaired) electrons. The molecule has 1 aliphatic rings. The van der Waals surface area contributed by atoms with E-state index in [2.05, 4.69) is 12.2 Å². The Morgan fingerprint density at radius 2 is 2.16 bits per heavy atom. The second-order valence-corrected chi connectivity index (χ2v) is 6.52. The zero-order chi connectivity index (χ0) is 18.2. The van der Waals surface area contributed by atoms with E-state index in [4.69, 9.17) is 16.3 Å². The number of nitrogens with zero attached hydrogens (tertiary/aromatic N) is 1. The van der Waals surface area contributed by atoms with Crippen LogP contribution in [0.5, 0.6) is 0 Å². The number of ether oxygens (including phenoxy) is 1. The lowest BCUT2D eigenvalue weighted by molar-refractivity contribution is -0.126. The van der Waals surface area contributed by atoms with Gasteiger partial charge < -0.3 is 15.0 Å². The molecule has 1 aromatic rings. The minimum Gasteiger partial charge on any atom is -0.381 e. The largest absolute Gasteiger partial charge is 0.381 e. The minimum absolute atomic E-state index is 0.0405. The van der Waals surface area contributed by atoms with Crippen molar-refractivity contribution < 1.29 is 18.7 Å². The first-order valence-corrected chi connectivity index (χ1v) is 9.01. The molecular weight excluding hydrogens is 347 g/mol. The van der Waals surface area contributed by atoms with Crippen LogP contribution in [0.1, 0.15) is 32.6 Å². The number of rotatable bonds is 9. The number of carbonyl (C=O) groups is 2. The van der Waals surface area contributed by atoms with E-state index in [0.29, 0.717) is 18.8 Å². The van der Waals surface area contributed by atoms with Crippen LogP contribution in [-0.4, -0.2) is 38.1 Å². The van der Waals surface area contributed by atoms with Gasteiger partial charge in [-0.3, -0.25) is 9.59 Å². The maximum Gasteiger partial charge on any atom is 0.227 e. The number of carbonyl (C=O) groups excluding carboxylic acids is 2. The fourth-order valence-electron chi connectivity index (χ4n) is 2.66. The molecule has 7 heteroatoms. The zero-order valence-electron chi connectivity index (χ0n) is 14.4. The fraction of sp³-hybridized carbons (Fsp3) is 0.556. The molecule has 1 unspecified atom stereocenters. The second-order valence-electron chi connectivity index (χ2n) is 6.11. The monoisotopic (exact) mass is 370 g/mol. The molecule has 2 rings (SSSR count). The predicted molar refractivity (Wildman–Crippen MR) is 95.2 cm³/mol. The van der Waals surface area contributed by atoms with Gasteiger partial charge in [0.05, 0.1) is 10.9 Å². The Labute approximate surface area is 152 Å². The van der Waals surface area contributed by atoms with Crippen molar-refractivity contribution in [2.45, 2.75) is 32.6 Å². The van der Waals surface area contributed by atoms with E-state index in [9.17, 15) is 14.0 Å². The average Bonchev–Trinajstić information content (AvgIpc) is 2.98. The molecule has 0 aromatic heterocycles. The van der Waals surface area contributed by atoms with Crippen molar-refractivity contribution in [3.8, 4) is 0 Å². The van der Waals surface area contributed by atoms with Crippen LogP contribution in [0, 0.1) is 11.7 Å². The summed E-state index contributed by atoms with van der Waals surface area (Å²) in [4.78, 5) is 25.8. The predicted octanol–water partition coefficient (Wildman–Crippen LogP) is 3.16. The lowest BCUT2D eigenvalue weighted by Gasteiger charge is -2.17. The summed E-state index contributed by atoms with van der Waals surface area (Å²) < 4.78 is 18.7. The van der Waals surface area contributed by atoms with Gasteiger partial charge in [-0.25, -0.2) is 4.39 Å². The molecule has 1 fully saturated rings. The van der Waals surface area contributed by atoms with Gasteiger partial charge in [-0.15, -0.1) is 0 Å². The number of anilines is 1. The molecule has 1 aliphatic heterocycles. The van der Waals surface area contributed by atoms with Crippen LogP contribution in [0.2, 0.25) is 5.02 Å².